The van der Waals surface area contributed by atoms with Gasteiger partial charge in [0.05, 0.1) is 25.9 Å². The molecule has 0 aliphatic heterocycles. The molecule has 0 bridgehead atoms. The zero-order chi connectivity index (χ0) is 12.3. The van der Waals surface area contributed by atoms with Crippen molar-refractivity contribution in [1.29, 1.82) is 0 Å². The second kappa shape index (κ2) is 10.0. The molecule has 3 N–H and O–H groups in total. The van der Waals surface area contributed by atoms with Gasteiger partial charge < -0.3 is 14.9 Å². The Morgan fingerprint density at radius 1 is 1.53 bits per heavy atom. The summed E-state index contributed by atoms with van der Waals surface area (Å²) in [6, 6.07) is 0. The van der Waals surface area contributed by atoms with Gasteiger partial charge in [0.1, 0.15) is 0 Å². The Hall–Kier alpha value is -0.510. The average molecular weight is 246 g/mol. The van der Waals surface area contributed by atoms with Gasteiger partial charge in [-0.15, -0.1) is 20.7 Å². The fourth-order valence-electron chi connectivity index (χ4n) is 0.479. The molecule has 0 saturated carbocycles. The highest BCUT2D eigenvalue weighted by Gasteiger charge is 2.09. The van der Waals surface area contributed by atoms with E-state index in [-0.39, 0.29) is 19.8 Å². The smallest absolute Gasteiger partial charge is 0.394 e. The molecule has 0 spiro atoms. The molecule has 0 rings (SSSR count). The molecule has 0 aliphatic rings. The van der Waals surface area contributed by atoms with Crippen LogP contribution in [0.3, 0.4) is 0 Å². The van der Waals surface area contributed by atoms with E-state index in [4.69, 9.17) is 30.8 Å². The van der Waals surface area contributed by atoms with Crippen molar-refractivity contribution in [2.24, 2.45) is 0 Å². The van der Waals surface area contributed by atoms with Gasteiger partial charge in [0.15, 0.2) is 0 Å². The molecule has 0 aliphatic carbocycles. The Morgan fingerprint density at radius 3 is 2.33 bits per heavy atom. The molecule has 0 aromatic rings. The summed E-state index contributed by atoms with van der Waals surface area (Å²) in [5, 5.41) is 17.2. The highest BCUT2D eigenvalue weighted by Crippen LogP contribution is 2.43. The first kappa shape index (κ1) is 16.9. The Morgan fingerprint density at radius 2 is 2.00 bits per heavy atom. The van der Waals surface area contributed by atoms with Gasteiger partial charge >= 0.3 is 7.99 Å². The normalized spacial score (nSPS) is 12.3. The van der Waals surface area contributed by atoms with Crippen molar-refractivity contribution < 1.29 is 32.8 Å². The number of hydrogen-bond donors (Lipinski definition) is 3. The van der Waals surface area contributed by atoms with Crippen LogP contribution in [0.1, 0.15) is 6.42 Å². The maximum Gasteiger partial charge on any atom is 0.549 e. The van der Waals surface area contributed by atoms with Gasteiger partial charge in [-0.3, -0.25) is 4.89 Å². The number of aliphatic hydroxyl groups is 2. The van der Waals surface area contributed by atoms with Gasteiger partial charge in [-0.05, 0) is 0 Å². The van der Waals surface area contributed by atoms with Crippen molar-refractivity contribution in [3.8, 4) is 12.3 Å². The lowest BCUT2D eigenvalue weighted by Crippen LogP contribution is -2.15. The Labute approximate surface area is 86.4 Å². The standard InChI is InChI=1S/C7H12O3.F2HO2P/c1-2-3-7(9)6-10-5-4-8;1-5(2,3)4/h1,7-9H,3-6H2;(H,3,4). The minimum atomic E-state index is -5.64. The number of hydrogen-bond acceptors (Lipinski definition) is 4. The van der Waals surface area contributed by atoms with Crippen LogP contribution in [0, 0.1) is 12.3 Å². The van der Waals surface area contributed by atoms with Gasteiger partial charge in [-0.25, -0.2) is 4.57 Å². The quantitative estimate of drug-likeness (QED) is 0.371. The number of ether oxygens (including phenoxy) is 1. The summed E-state index contributed by atoms with van der Waals surface area (Å²) >= 11 is 0. The molecule has 0 aromatic carbocycles. The summed E-state index contributed by atoms with van der Waals surface area (Å²) in [6.45, 7) is 0.426. The molecular weight excluding hydrogens is 233 g/mol. The van der Waals surface area contributed by atoms with Crippen molar-refractivity contribution in [3.63, 3.8) is 0 Å². The molecule has 0 heterocycles. The fraction of sp³-hybridized carbons (Fsp3) is 0.714. The fourth-order valence-corrected chi connectivity index (χ4v) is 0.479. The zero-order valence-corrected chi connectivity index (χ0v) is 8.74. The third-order valence-corrected chi connectivity index (χ3v) is 0.899. The average Bonchev–Trinajstić information content (AvgIpc) is 2.02. The summed E-state index contributed by atoms with van der Waals surface area (Å²) in [5.74, 6) is 2.30. The van der Waals surface area contributed by atoms with E-state index in [1.165, 1.54) is 0 Å². The van der Waals surface area contributed by atoms with Crippen molar-refractivity contribution in [2.45, 2.75) is 12.5 Å². The van der Waals surface area contributed by atoms with Gasteiger partial charge in [-0.2, -0.15) is 0 Å². The molecule has 1 unspecified atom stereocenters. The summed E-state index contributed by atoms with van der Waals surface area (Å²) < 4.78 is 33.5. The number of halogens is 2. The third kappa shape index (κ3) is 31.7. The van der Waals surface area contributed by atoms with Crippen molar-refractivity contribution in [3.05, 3.63) is 0 Å². The van der Waals surface area contributed by atoms with Crippen LogP contribution in [0.25, 0.3) is 0 Å². The minimum Gasteiger partial charge on any atom is -0.394 e. The minimum absolute atomic E-state index is 0.0250. The molecular formula is C7H13F2O5P. The molecule has 0 aromatic heterocycles. The van der Waals surface area contributed by atoms with E-state index in [9.17, 15) is 8.39 Å². The Kier molecular flexibility index (Phi) is 11.3. The number of aliphatic hydroxyl groups excluding tert-OH is 2. The summed E-state index contributed by atoms with van der Waals surface area (Å²) in [6.07, 6.45) is 4.62. The molecule has 90 valence electrons. The van der Waals surface area contributed by atoms with E-state index in [0.717, 1.165) is 0 Å². The first-order chi connectivity index (χ1) is 6.81. The van der Waals surface area contributed by atoms with Crippen LogP contribution in [0.15, 0.2) is 0 Å². The topological polar surface area (TPSA) is 87.0 Å². The maximum atomic E-state index is 10.1. The Bertz CT molecular complexity index is 216. The largest absolute Gasteiger partial charge is 0.549 e. The first-order valence-electron chi connectivity index (χ1n) is 3.83. The van der Waals surface area contributed by atoms with Crippen LogP contribution in [0.5, 0.6) is 0 Å². The molecule has 0 fully saturated rings. The first-order valence-corrected chi connectivity index (χ1v) is 5.27. The van der Waals surface area contributed by atoms with Crippen molar-refractivity contribution >= 4 is 7.99 Å². The van der Waals surface area contributed by atoms with Crippen LogP contribution in [-0.4, -0.2) is 41.0 Å². The predicted octanol–water partition coefficient (Wildman–Crippen LogP) is 0.405. The number of rotatable bonds is 5. The Balaban J connectivity index is 0. The molecule has 8 heteroatoms. The molecule has 5 nitrogen and oxygen atoms in total. The van der Waals surface area contributed by atoms with Crippen molar-refractivity contribution in [2.75, 3.05) is 19.8 Å². The second-order valence-electron chi connectivity index (χ2n) is 2.30. The van der Waals surface area contributed by atoms with Crippen LogP contribution in [0.2, 0.25) is 0 Å². The monoisotopic (exact) mass is 246 g/mol. The molecule has 1 atom stereocenters. The third-order valence-electron chi connectivity index (χ3n) is 0.899. The van der Waals surface area contributed by atoms with Crippen LogP contribution in [0.4, 0.5) is 8.39 Å². The molecule has 0 amide bonds. The lowest BCUT2D eigenvalue weighted by atomic mass is 10.3. The molecule has 0 radical (unpaired) electrons. The van der Waals surface area contributed by atoms with E-state index >= 15 is 0 Å². The zero-order valence-electron chi connectivity index (χ0n) is 7.84. The highest BCUT2D eigenvalue weighted by atomic mass is 31.2. The van der Waals surface area contributed by atoms with Gasteiger partial charge in [0, 0.05) is 6.42 Å². The summed E-state index contributed by atoms with van der Waals surface area (Å²) in [7, 11) is -5.64. The van der Waals surface area contributed by atoms with Gasteiger partial charge in [-0.1, -0.05) is 0 Å². The lowest BCUT2D eigenvalue weighted by molar-refractivity contribution is 0.0237. The molecule has 0 saturated heterocycles. The highest BCUT2D eigenvalue weighted by molar-refractivity contribution is 7.46. The van der Waals surface area contributed by atoms with Crippen LogP contribution < -0.4 is 0 Å². The summed E-state index contributed by atoms with van der Waals surface area (Å²) in [5.41, 5.74) is 0. The van der Waals surface area contributed by atoms with Crippen LogP contribution >= 0.6 is 7.99 Å². The molecule has 15 heavy (non-hydrogen) atoms. The maximum absolute atomic E-state index is 10.1. The van der Waals surface area contributed by atoms with Crippen LogP contribution in [-0.2, 0) is 9.30 Å². The van der Waals surface area contributed by atoms with Gasteiger partial charge in [0.2, 0.25) is 0 Å². The van der Waals surface area contributed by atoms with E-state index < -0.39 is 14.1 Å². The second-order valence-corrected chi connectivity index (χ2v) is 3.16. The summed E-state index contributed by atoms with van der Waals surface area (Å²) in [4.78, 5) is 6.74. The lowest BCUT2D eigenvalue weighted by Gasteiger charge is -2.05. The van der Waals surface area contributed by atoms with Crippen molar-refractivity contribution in [1.82, 2.24) is 0 Å². The number of terminal acetylenes is 1. The SMILES string of the molecule is C#CCC(O)COCCO.O=P(O)(F)F. The van der Waals surface area contributed by atoms with E-state index in [2.05, 4.69) is 5.92 Å². The predicted molar refractivity (Wildman–Crippen MR) is 49.4 cm³/mol. The van der Waals surface area contributed by atoms with E-state index in [1.807, 2.05) is 0 Å². The van der Waals surface area contributed by atoms with Gasteiger partial charge in [0.25, 0.3) is 0 Å². The van der Waals surface area contributed by atoms with E-state index in [0.29, 0.717) is 6.42 Å². The van der Waals surface area contributed by atoms with E-state index in [1.54, 1.807) is 0 Å².